The predicted octanol–water partition coefficient (Wildman–Crippen LogP) is 4.82. The first-order valence-corrected chi connectivity index (χ1v) is 7.24. The van der Waals surface area contributed by atoms with Crippen molar-refractivity contribution in [1.29, 1.82) is 0 Å². The van der Waals surface area contributed by atoms with Gasteiger partial charge in [-0.25, -0.2) is 14.4 Å². The van der Waals surface area contributed by atoms with Crippen molar-refractivity contribution in [3.8, 4) is 5.69 Å². The van der Waals surface area contributed by atoms with E-state index in [-0.39, 0.29) is 10.4 Å². The number of fused-ring (bicyclic) bond motifs is 1. The molecule has 1 aromatic carbocycles. The van der Waals surface area contributed by atoms with Crippen LogP contribution in [-0.2, 0) is 0 Å². The fraction of sp³-hybridized carbons (Fsp3) is 0.200. The van der Waals surface area contributed by atoms with Gasteiger partial charge < -0.3 is 0 Å². The van der Waals surface area contributed by atoms with Crippen molar-refractivity contribution in [2.75, 3.05) is 0 Å². The summed E-state index contributed by atoms with van der Waals surface area (Å²) >= 11 is 12.1. The van der Waals surface area contributed by atoms with E-state index in [4.69, 9.17) is 23.2 Å². The van der Waals surface area contributed by atoms with Crippen LogP contribution in [0.3, 0.4) is 0 Å². The molecule has 108 valence electrons. The Labute approximate surface area is 131 Å². The van der Waals surface area contributed by atoms with Crippen molar-refractivity contribution < 1.29 is 4.39 Å². The lowest BCUT2D eigenvalue weighted by molar-refractivity contribution is 0.627. The van der Waals surface area contributed by atoms with Crippen LogP contribution in [0.2, 0.25) is 5.02 Å². The van der Waals surface area contributed by atoms with Crippen LogP contribution >= 0.6 is 23.2 Å². The van der Waals surface area contributed by atoms with Crippen molar-refractivity contribution in [2.24, 2.45) is 0 Å². The van der Waals surface area contributed by atoms with Gasteiger partial charge in [-0.3, -0.25) is 4.57 Å². The van der Waals surface area contributed by atoms with E-state index in [1.807, 2.05) is 24.5 Å². The fourth-order valence-corrected chi connectivity index (χ4v) is 2.58. The Kier molecular flexibility index (Phi) is 3.59. The van der Waals surface area contributed by atoms with E-state index in [0.717, 1.165) is 11.1 Å². The standard InChI is InChI=1S/C15H12Cl2FN3/c1-8-5-6-19-15-13(8)20-14(9(2)16)21(15)10-3-4-12(18)11(17)7-10/h3-7,9H,1-2H3. The monoisotopic (exact) mass is 323 g/mol. The summed E-state index contributed by atoms with van der Waals surface area (Å²) in [6.45, 7) is 3.79. The molecule has 6 heteroatoms. The smallest absolute Gasteiger partial charge is 0.164 e. The molecule has 0 spiro atoms. The van der Waals surface area contributed by atoms with E-state index in [1.54, 1.807) is 18.3 Å². The number of rotatable bonds is 2. The van der Waals surface area contributed by atoms with Crippen LogP contribution in [0.25, 0.3) is 16.9 Å². The highest BCUT2D eigenvalue weighted by atomic mass is 35.5. The highest BCUT2D eigenvalue weighted by Crippen LogP contribution is 2.29. The van der Waals surface area contributed by atoms with Gasteiger partial charge >= 0.3 is 0 Å². The number of hydrogen-bond acceptors (Lipinski definition) is 2. The lowest BCUT2D eigenvalue weighted by atomic mass is 10.2. The number of aromatic nitrogens is 3. The number of nitrogens with zero attached hydrogens (tertiary/aromatic N) is 3. The molecule has 2 aromatic heterocycles. The molecule has 2 heterocycles. The molecule has 3 nitrogen and oxygen atoms in total. The first-order chi connectivity index (χ1) is 9.99. The third kappa shape index (κ3) is 2.39. The van der Waals surface area contributed by atoms with E-state index in [0.29, 0.717) is 17.2 Å². The van der Waals surface area contributed by atoms with Gasteiger partial charge in [-0.05, 0) is 43.7 Å². The third-order valence-corrected chi connectivity index (χ3v) is 3.78. The molecule has 1 atom stereocenters. The summed E-state index contributed by atoms with van der Waals surface area (Å²) in [4.78, 5) is 8.95. The first kappa shape index (κ1) is 14.3. The topological polar surface area (TPSA) is 30.7 Å². The second-order valence-corrected chi connectivity index (χ2v) is 5.88. The molecule has 3 aromatic rings. The molecule has 0 saturated heterocycles. The van der Waals surface area contributed by atoms with Gasteiger partial charge in [0.05, 0.1) is 16.1 Å². The average molecular weight is 324 g/mol. The Morgan fingerprint density at radius 3 is 2.71 bits per heavy atom. The first-order valence-electron chi connectivity index (χ1n) is 6.42. The largest absolute Gasteiger partial charge is 0.279 e. The van der Waals surface area contributed by atoms with Gasteiger partial charge in [-0.1, -0.05) is 11.6 Å². The molecule has 3 rings (SSSR count). The molecule has 0 fully saturated rings. The Morgan fingerprint density at radius 1 is 1.29 bits per heavy atom. The molecule has 0 aliphatic heterocycles. The molecule has 0 aliphatic rings. The molecule has 21 heavy (non-hydrogen) atoms. The second-order valence-electron chi connectivity index (χ2n) is 4.82. The Balaban J connectivity index is 2.36. The van der Waals surface area contributed by atoms with Gasteiger partial charge in [0, 0.05) is 6.20 Å². The molecule has 0 N–H and O–H groups in total. The summed E-state index contributed by atoms with van der Waals surface area (Å²) < 4.78 is 15.2. The minimum Gasteiger partial charge on any atom is -0.279 e. The number of pyridine rings is 1. The molecule has 0 radical (unpaired) electrons. The van der Waals surface area contributed by atoms with Crippen molar-refractivity contribution in [3.05, 3.63) is 52.7 Å². The van der Waals surface area contributed by atoms with Crippen molar-refractivity contribution in [1.82, 2.24) is 14.5 Å². The maximum Gasteiger partial charge on any atom is 0.164 e. The zero-order valence-corrected chi connectivity index (χ0v) is 13.0. The number of benzene rings is 1. The van der Waals surface area contributed by atoms with Gasteiger partial charge in [0.2, 0.25) is 0 Å². The maximum absolute atomic E-state index is 13.4. The summed E-state index contributed by atoms with van der Waals surface area (Å²) in [6.07, 6.45) is 1.71. The van der Waals surface area contributed by atoms with Gasteiger partial charge in [0.1, 0.15) is 17.2 Å². The Morgan fingerprint density at radius 2 is 2.05 bits per heavy atom. The number of hydrogen-bond donors (Lipinski definition) is 0. The van der Waals surface area contributed by atoms with Crippen LogP contribution in [0, 0.1) is 12.7 Å². The minimum atomic E-state index is -0.463. The van der Waals surface area contributed by atoms with Crippen LogP contribution in [0.4, 0.5) is 4.39 Å². The summed E-state index contributed by atoms with van der Waals surface area (Å²) in [5.74, 6) is 0.186. The SMILES string of the molecule is Cc1ccnc2c1nc(C(C)Cl)n2-c1ccc(F)c(Cl)c1. The van der Waals surface area contributed by atoms with E-state index in [9.17, 15) is 4.39 Å². The molecular formula is C15H12Cl2FN3. The molecule has 0 bridgehead atoms. The molecule has 0 aliphatic carbocycles. The quantitative estimate of drug-likeness (QED) is 0.633. The molecule has 0 amide bonds. The van der Waals surface area contributed by atoms with Gasteiger partial charge in [-0.2, -0.15) is 0 Å². The van der Waals surface area contributed by atoms with E-state index >= 15 is 0 Å². The van der Waals surface area contributed by atoms with Crippen LogP contribution in [0.5, 0.6) is 0 Å². The van der Waals surface area contributed by atoms with E-state index < -0.39 is 5.82 Å². The maximum atomic E-state index is 13.4. The van der Waals surface area contributed by atoms with E-state index in [2.05, 4.69) is 9.97 Å². The van der Waals surface area contributed by atoms with Crippen LogP contribution in [0.15, 0.2) is 30.5 Å². The number of imidazole rings is 1. The van der Waals surface area contributed by atoms with Gasteiger partial charge in [0.15, 0.2) is 5.65 Å². The lowest BCUT2D eigenvalue weighted by Gasteiger charge is -2.10. The van der Waals surface area contributed by atoms with Crippen molar-refractivity contribution in [3.63, 3.8) is 0 Å². The lowest BCUT2D eigenvalue weighted by Crippen LogP contribution is -2.03. The van der Waals surface area contributed by atoms with E-state index in [1.165, 1.54) is 6.07 Å². The summed E-state index contributed by atoms with van der Waals surface area (Å²) in [5, 5.41) is -0.266. The normalized spacial score (nSPS) is 12.8. The Hall–Kier alpha value is -1.65. The van der Waals surface area contributed by atoms with Gasteiger partial charge in [-0.15, -0.1) is 11.6 Å². The molecular weight excluding hydrogens is 312 g/mol. The minimum absolute atomic E-state index is 0.0511. The Bertz CT molecular complexity index is 827. The fourth-order valence-electron chi connectivity index (χ4n) is 2.26. The van der Waals surface area contributed by atoms with Crippen LogP contribution in [0.1, 0.15) is 23.7 Å². The predicted molar refractivity (Wildman–Crippen MR) is 82.8 cm³/mol. The van der Waals surface area contributed by atoms with Gasteiger partial charge in [0.25, 0.3) is 0 Å². The highest BCUT2D eigenvalue weighted by Gasteiger charge is 2.19. The summed E-state index contributed by atoms with van der Waals surface area (Å²) in [5.41, 5.74) is 3.15. The van der Waals surface area contributed by atoms with Crippen molar-refractivity contribution in [2.45, 2.75) is 19.2 Å². The number of alkyl halides is 1. The second kappa shape index (κ2) is 5.28. The number of aryl methyl sites for hydroxylation is 1. The zero-order chi connectivity index (χ0) is 15.1. The third-order valence-electron chi connectivity index (χ3n) is 3.29. The zero-order valence-electron chi connectivity index (χ0n) is 11.4. The van der Waals surface area contributed by atoms with Crippen LogP contribution < -0.4 is 0 Å². The summed E-state index contributed by atoms with van der Waals surface area (Å²) in [6, 6.07) is 6.39. The summed E-state index contributed by atoms with van der Waals surface area (Å²) in [7, 11) is 0. The molecule has 1 unspecified atom stereocenters. The number of halogens is 3. The average Bonchev–Trinajstić information content (AvgIpc) is 2.83. The molecule has 0 saturated carbocycles. The highest BCUT2D eigenvalue weighted by molar-refractivity contribution is 6.30. The van der Waals surface area contributed by atoms with Crippen molar-refractivity contribution >= 4 is 34.4 Å². The van der Waals surface area contributed by atoms with Crippen LogP contribution in [-0.4, -0.2) is 14.5 Å².